The number of ether oxygens (including phenoxy) is 1. The second-order valence-corrected chi connectivity index (χ2v) is 5.14. The highest BCUT2D eigenvalue weighted by atomic mass is 32.1. The molecule has 1 aromatic carbocycles. The monoisotopic (exact) mass is 284 g/mol. The fourth-order valence-electron chi connectivity index (χ4n) is 1.86. The van der Waals surface area contributed by atoms with Gasteiger partial charge in [-0.15, -0.1) is 11.3 Å². The molecule has 1 N–H and O–H groups in total. The first kappa shape index (κ1) is 12.6. The van der Waals surface area contributed by atoms with Crippen molar-refractivity contribution < 1.29 is 9.53 Å². The van der Waals surface area contributed by atoms with Crippen LogP contribution in [-0.2, 0) is 4.79 Å². The molecule has 0 saturated carbocycles. The van der Waals surface area contributed by atoms with E-state index in [0.717, 1.165) is 16.2 Å². The van der Waals surface area contributed by atoms with Gasteiger partial charge in [-0.25, -0.2) is 4.99 Å². The molecule has 2 heterocycles. The zero-order chi connectivity index (χ0) is 13.9. The van der Waals surface area contributed by atoms with Crippen LogP contribution in [0.1, 0.15) is 10.4 Å². The highest BCUT2D eigenvalue weighted by molar-refractivity contribution is 7.12. The Hall–Kier alpha value is -2.40. The second-order valence-electron chi connectivity index (χ2n) is 4.19. The van der Waals surface area contributed by atoms with Crippen LogP contribution < -0.4 is 10.1 Å². The van der Waals surface area contributed by atoms with Gasteiger partial charge in [0.05, 0.1) is 12.0 Å². The minimum atomic E-state index is -0.177. The van der Waals surface area contributed by atoms with E-state index in [1.165, 1.54) is 0 Å². The Bertz CT molecular complexity index is 685. The highest BCUT2D eigenvalue weighted by Gasteiger charge is 2.21. The number of amidine groups is 1. The number of carbonyl (C=O) groups excluding carboxylic acids is 1. The van der Waals surface area contributed by atoms with Gasteiger partial charge in [-0.05, 0) is 35.2 Å². The average molecular weight is 284 g/mol. The van der Waals surface area contributed by atoms with E-state index >= 15 is 0 Å². The van der Waals surface area contributed by atoms with Crippen molar-refractivity contribution in [1.29, 1.82) is 0 Å². The molecule has 20 heavy (non-hydrogen) atoms. The predicted molar refractivity (Wildman–Crippen MR) is 80.0 cm³/mol. The first-order chi connectivity index (χ1) is 9.76. The standard InChI is InChI=1S/C15H12N2O2S/c1-19-11-6-4-10(5-7-11)9-12-15(18)17-14(16-12)13-3-2-8-20-13/h2-9H,1H3,(H,16,17,18)/b12-9+. The summed E-state index contributed by atoms with van der Waals surface area (Å²) in [7, 11) is 1.62. The molecule has 1 aliphatic rings. The van der Waals surface area contributed by atoms with Crippen LogP contribution in [0.2, 0.25) is 0 Å². The van der Waals surface area contributed by atoms with Gasteiger partial charge in [0.1, 0.15) is 11.4 Å². The highest BCUT2D eigenvalue weighted by Crippen LogP contribution is 2.19. The lowest BCUT2D eigenvalue weighted by Crippen LogP contribution is -2.23. The summed E-state index contributed by atoms with van der Waals surface area (Å²) in [6.45, 7) is 0. The number of thiophene rings is 1. The third kappa shape index (κ3) is 2.48. The molecule has 4 nitrogen and oxygen atoms in total. The summed E-state index contributed by atoms with van der Waals surface area (Å²) in [6, 6.07) is 11.3. The maximum atomic E-state index is 11.9. The minimum Gasteiger partial charge on any atom is -0.497 e. The Balaban J connectivity index is 1.88. The zero-order valence-electron chi connectivity index (χ0n) is 10.8. The molecule has 0 bridgehead atoms. The molecule has 0 unspecified atom stereocenters. The Morgan fingerprint density at radius 2 is 2.05 bits per heavy atom. The molecule has 1 aromatic heterocycles. The quantitative estimate of drug-likeness (QED) is 0.881. The Labute approximate surface area is 120 Å². The van der Waals surface area contributed by atoms with Crippen LogP contribution in [0.15, 0.2) is 52.5 Å². The number of benzene rings is 1. The summed E-state index contributed by atoms with van der Waals surface area (Å²) in [4.78, 5) is 17.2. The third-order valence-corrected chi connectivity index (χ3v) is 3.75. The number of hydrogen-bond donors (Lipinski definition) is 1. The molecule has 1 amide bonds. The number of carbonyl (C=O) groups is 1. The topological polar surface area (TPSA) is 50.7 Å². The van der Waals surface area contributed by atoms with Crippen molar-refractivity contribution in [2.75, 3.05) is 7.11 Å². The summed E-state index contributed by atoms with van der Waals surface area (Å²) in [5, 5.41) is 4.73. The van der Waals surface area contributed by atoms with E-state index in [1.54, 1.807) is 24.5 Å². The molecular weight excluding hydrogens is 272 g/mol. The lowest BCUT2D eigenvalue weighted by atomic mass is 10.2. The van der Waals surface area contributed by atoms with Crippen LogP contribution in [0.5, 0.6) is 5.75 Å². The van der Waals surface area contributed by atoms with E-state index in [9.17, 15) is 4.79 Å². The molecule has 3 rings (SSSR count). The van der Waals surface area contributed by atoms with Gasteiger partial charge in [-0.2, -0.15) is 0 Å². The number of hydrogen-bond acceptors (Lipinski definition) is 4. The van der Waals surface area contributed by atoms with Crippen molar-refractivity contribution in [3.63, 3.8) is 0 Å². The first-order valence-electron chi connectivity index (χ1n) is 6.06. The summed E-state index contributed by atoms with van der Waals surface area (Å²) >= 11 is 1.55. The largest absolute Gasteiger partial charge is 0.497 e. The zero-order valence-corrected chi connectivity index (χ0v) is 11.6. The van der Waals surface area contributed by atoms with Gasteiger partial charge in [0, 0.05) is 0 Å². The lowest BCUT2D eigenvalue weighted by Gasteiger charge is -1.99. The van der Waals surface area contributed by atoms with Crippen molar-refractivity contribution in [2.45, 2.75) is 0 Å². The van der Waals surface area contributed by atoms with Gasteiger partial charge in [0.2, 0.25) is 0 Å². The Kier molecular flexibility index (Phi) is 3.35. The normalized spacial score (nSPS) is 16.1. The minimum absolute atomic E-state index is 0.177. The van der Waals surface area contributed by atoms with Crippen LogP contribution in [0.3, 0.4) is 0 Å². The molecule has 0 atom stereocenters. The summed E-state index contributed by atoms with van der Waals surface area (Å²) in [5.41, 5.74) is 1.32. The number of rotatable bonds is 3. The van der Waals surface area contributed by atoms with E-state index < -0.39 is 0 Å². The Morgan fingerprint density at radius 1 is 1.25 bits per heavy atom. The molecule has 0 aliphatic carbocycles. The number of nitrogens with one attached hydrogen (secondary N) is 1. The van der Waals surface area contributed by atoms with Gasteiger partial charge in [0.25, 0.3) is 5.91 Å². The summed E-state index contributed by atoms with van der Waals surface area (Å²) < 4.78 is 5.10. The van der Waals surface area contributed by atoms with Crippen LogP contribution in [0.25, 0.3) is 6.08 Å². The van der Waals surface area contributed by atoms with Crippen molar-refractivity contribution in [1.82, 2.24) is 5.32 Å². The van der Waals surface area contributed by atoms with E-state index in [2.05, 4.69) is 10.3 Å². The lowest BCUT2D eigenvalue weighted by molar-refractivity contribution is -0.115. The summed E-state index contributed by atoms with van der Waals surface area (Å²) in [5.74, 6) is 1.22. The fraction of sp³-hybridized carbons (Fsp3) is 0.0667. The van der Waals surface area contributed by atoms with E-state index in [0.29, 0.717) is 11.5 Å². The van der Waals surface area contributed by atoms with Gasteiger partial charge >= 0.3 is 0 Å². The molecular formula is C15H12N2O2S. The van der Waals surface area contributed by atoms with Crippen LogP contribution in [-0.4, -0.2) is 18.9 Å². The van der Waals surface area contributed by atoms with Crippen molar-refractivity contribution in [3.8, 4) is 5.75 Å². The maximum Gasteiger partial charge on any atom is 0.275 e. The Morgan fingerprint density at radius 3 is 2.70 bits per heavy atom. The van der Waals surface area contributed by atoms with E-state index in [4.69, 9.17) is 4.74 Å². The summed E-state index contributed by atoms with van der Waals surface area (Å²) in [6.07, 6.45) is 1.76. The molecule has 100 valence electrons. The fourth-order valence-corrected chi connectivity index (χ4v) is 2.53. The molecule has 0 radical (unpaired) electrons. The maximum absolute atomic E-state index is 11.9. The van der Waals surface area contributed by atoms with E-state index in [-0.39, 0.29) is 5.91 Å². The SMILES string of the molecule is COc1ccc(/C=C2/N=C(c3cccs3)NC2=O)cc1. The van der Waals surface area contributed by atoms with Crippen molar-refractivity contribution in [3.05, 3.63) is 57.9 Å². The molecule has 0 saturated heterocycles. The predicted octanol–water partition coefficient (Wildman–Crippen LogP) is 2.67. The second kappa shape index (κ2) is 5.30. The van der Waals surface area contributed by atoms with Gasteiger partial charge in [-0.3, -0.25) is 4.79 Å². The van der Waals surface area contributed by atoms with Gasteiger partial charge in [-0.1, -0.05) is 18.2 Å². The molecule has 5 heteroatoms. The average Bonchev–Trinajstić information content (AvgIpc) is 3.10. The smallest absolute Gasteiger partial charge is 0.275 e. The van der Waals surface area contributed by atoms with Crippen molar-refractivity contribution in [2.24, 2.45) is 4.99 Å². The van der Waals surface area contributed by atoms with Crippen molar-refractivity contribution >= 4 is 29.2 Å². The first-order valence-corrected chi connectivity index (χ1v) is 6.94. The van der Waals surface area contributed by atoms with Gasteiger partial charge < -0.3 is 10.1 Å². The van der Waals surface area contributed by atoms with Crippen LogP contribution in [0, 0.1) is 0 Å². The van der Waals surface area contributed by atoms with Crippen LogP contribution >= 0.6 is 11.3 Å². The molecule has 0 fully saturated rings. The van der Waals surface area contributed by atoms with Crippen LogP contribution in [0.4, 0.5) is 0 Å². The van der Waals surface area contributed by atoms with Gasteiger partial charge in [0.15, 0.2) is 5.84 Å². The number of methoxy groups -OCH3 is 1. The number of amides is 1. The molecule has 0 spiro atoms. The molecule has 2 aromatic rings. The number of aliphatic imine (C=N–C) groups is 1. The third-order valence-electron chi connectivity index (χ3n) is 2.87. The van der Waals surface area contributed by atoms with E-state index in [1.807, 2.05) is 41.8 Å². The number of nitrogens with zero attached hydrogens (tertiary/aromatic N) is 1. The molecule has 1 aliphatic heterocycles.